The van der Waals surface area contributed by atoms with E-state index in [-0.39, 0.29) is 24.3 Å². The van der Waals surface area contributed by atoms with Gasteiger partial charge in [0, 0.05) is 18.7 Å². The van der Waals surface area contributed by atoms with Crippen molar-refractivity contribution in [1.29, 1.82) is 0 Å². The molecule has 1 saturated heterocycles. The SMILES string of the molecule is COc1ccccc1CC(=O)Nc1ccccc1C(=O)NCC1CCCO1. The van der Waals surface area contributed by atoms with Crippen LogP contribution < -0.4 is 15.4 Å². The number of hydrogen-bond acceptors (Lipinski definition) is 4. The lowest BCUT2D eigenvalue weighted by Crippen LogP contribution is -2.32. The summed E-state index contributed by atoms with van der Waals surface area (Å²) in [6, 6.07) is 14.4. The Bertz CT molecular complexity index is 800. The fraction of sp³-hybridized carbons (Fsp3) is 0.333. The second-order valence-electron chi connectivity index (χ2n) is 6.43. The summed E-state index contributed by atoms with van der Waals surface area (Å²) in [4.78, 5) is 25.0. The molecule has 1 heterocycles. The van der Waals surface area contributed by atoms with Gasteiger partial charge in [0.25, 0.3) is 5.91 Å². The topological polar surface area (TPSA) is 76.7 Å². The number of hydrogen-bond donors (Lipinski definition) is 2. The van der Waals surface area contributed by atoms with E-state index in [1.165, 1.54) is 0 Å². The van der Waals surface area contributed by atoms with E-state index in [2.05, 4.69) is 10.6 Å². The average Bonchev–Trinajstić information content (AvgIpc) is 3.20. The number of amides is 2. The summed E-state index contributed by atoms with van der Waals surface area (Å²) < 4.78 is 10.8. The molecule has 1 atom stereocenters. The Morgan fingerprint density at radius 3 is 2.70 bits per heavy atom. The van der Waals surface area contributed by atoms with E-state index in [1.54, 1.807) is 31.4 Å². The number of carbonyl (C=O) groups is 2. The van der Waals surface area contributed by atoms with Crippen LogP contribution in [0.4, 0.5) is 5.69 Å². The zero-order valence-electron chi connectivity index (χ0n) is 15.4. The standard InChI is InChI=1S/C21H24N2O4/c1-26-19-11-5-2-7-15(19)13-20(24)23-18-10-4-3-9-17(18)21(25)22-14-16-8-6-12-27-16/h2-5,7,9-11,16H,6,8,12-14H2,1H3,(H,22,25)(H,23,24). The maximum atomic E-state index is 12.5. The van der Waals surface area contributed by atoms with Crippen LogP contribution in [-0.4, -0.2) is 38.2 Å². The van der Waals surface area contributed by atoms with Crippen molar-refractivity contribution in [2.24, 2.45) is 0 Å². The van der Waals surface area contributed by atoms with Crippen molar-refractivity contribution in [2.45, 2.75) is 25.4 Å². The van der Waals surface area contributed by atoms with E-state index in [9.17, 15) is 9.59 Å². The number of anilines is 1. The lowest BCUT2D eigenvalue weighted by atomic mass is 10.1. The van der Waals surface area contributed by atoms with Gasteiger partial charge >= 0.3 is 0 Å². The number of carbonyl (C=O) groups excluding carboxylic acids is 2. The summed E-state index contributed by atoms with van der Waals surface area (Å²) in [6.07, 6.45) is 2.21. The highest BCUT2D eigenvalue weighted by atomic mass is 16.5. The third-order valence-corrected chi connectivity index (χ3v) is 4.50. The van der Waals surface area contributed by atoms with Crippen molar-refractivity contribution < 1.29 is 19.1 Å². The third kappa shape index (κ3) is 5.08. The van der Waals surface area contributed by atoms with Gasteiger partial charge in [0.1, 0.15) is 5.75 Å². The fourth-order valence-electron chi connectivity index (χ4n) is 3.11. The molecule has 2 aromatic carbocycles. The van der Waals surface area contributed by atoms with Crippen molar-refractivity contribution in [3.63, 3.8) is 0 Å². The lowest BCUT2D eigenvalue weighted by molar-refractivity contribution is -0.115. The van der Waals surface area contributed by atoms with Crippen LogP contribution in [0.2, 0.25) is 0 Å². The molecule has 1 fully saturated rings. The van der Waals surface area contributed by atoms with E-state index >= 15 is 0 Å². The van der Waals surface area contributed by atoms with Gasteiger partial charge in [-0.2, -0.15) is 0 Å². The minimum atomic E-state index is -0.223. The highest BCUT2D eigenvalue weighted by molar-refractivity contribution is 6.04. The molecule has 0 bridgehead atoms. The summed E-state index contributed by atoms with van der Waals surface area (Å²) in [5.41, 5.74) is 1.71. The van der Waals surface area contributed by atoms with Crippen molar-refractivity contribution in [2.75, 3.05) is 25.6 Å². The molecule has 2 amide bonds. The van der Waals surface area contributed by atoms with Gasteiger partial charge in [-0.15, -0.1) is 0 Å². The van der Waals surface area contributed by atoms with Crippen molar-refractivity contribution in [1.82, 2.24) is 5.32 Å². The molecule has 6 nitrogen and oxygen atoms in total. The van der Waals surface area contributed by atoms with Gasteiger partial charge in [0.05, 0.1) is 30.9 Å². The van der Waals surface area contributed by atoms with Crippen LogP contribution >= 0.6 is 0 Å². The molecule has 2 aromatic rings. The quantitative estimate of drug-likeness (QED) is 0.788. The highest BCUT2D eigenvalue weighted by Gasteiger charge is 2.18. The van der Waals surface area contributed by atoms with Gasteiger partial charge in [-0.25, -0.2) is 0 Å². The van der Waals surface area contributed by atoms with Crippen LogP contribution in [-0.2, 0) is 16.0 Å². The zero-order valence-corrected chi connectivity index (χ0v) is 15.4. The summed E-state index contributed by atoms with van der Waals surface area (Å²) >= 11 is 0. The first kappa shape index (κ1) is 18.9. The summed E-state index contributed by atoms with van der Waals surface area (Å²) in [6.45, 7) is 1.22. The van der Waals surface area contributed by atoms with Gasteiger partial charge < -0.3 is 20.1 Å². The number of rotatable bonds is 7. The predicted octanol–water partition coefficient (Wildman–Crippen LogP) is 2.79. The fourth-order valence-corrected chi connectivity index (χ4v) is 3.11. The van der Waals surface area contributed by atoms with Crippen LogP contribution in [0, 0.1) is 0 Å². The van der Waals surface area contributed by atoms with Crippen LogP contribution in [0.1, 0.15) is 28.8 Å². The molecule has 142 valence electrons. The summed E-state index contributed by atoms with van der Waals surface area (Å²) in [5, 5.41) is 5.72. The second-order valence-corrected chi connectivity index (χ2v) is 6.43. The Hall–Kier alpha value is -2.86. The average molecular weight is 368 g/mol. The number of methoxy groups -OCH3 is 1. The third-order valence-electron chi connectivity index (χ3n) is 4.50. The molecule has 3 rings (SSSR count). The van der Waals surface area contributed by atoms with E-state index in [4.69, 9.17) is 9.47 Å². The molecule has 1 aliphatic heterocycles. The minimum Gasteiger partial charge on any atom is -0.496 e. The molecule has 6 heteroatoms. The first-order valence-electron chi connectivity index (χ1n) is 9.08. The Labute approximate surface area is 158 Å². The van der Waals surface area contributed by atoms with E-state index in [0.29, 0.717) is 23.5 Å². The van der Waals surface area contributed by atoms with Gasteiger partial charge in [-0.05, 0) is 31.0 Å². The Morgan fingerprint density at radius 2 is 1.93 bits per heavy atom. The number of ether oxygens (including phenoxy) is 2. The Balaban J connectivity index is 1.64. The van der Waals surface area contributed by atoms with Gasteiger partial charge in [0.2, 0.25) is 5.91 Å². The summed E-state index contributed by atoms with van der Waals surface area (Å²) in [7, 11) is 1.57. The lowest BCUT2D eigenvalue weighted by Gasteiger charge is -2.14. The van der Waals surface area contributed by atoms with Gasteiger partial charge in [-0.1, -0.05) is 30.3 Å². The molecule has 27 heavy (non-hydrogen) atoms. The van der Waals surface area contributed by atoms with Crippen molar-refractivity contribution >= 4 is 17.5 Å². The first-order valence-corrected chi connectivity index (χ1v) is 9.08. The Morgan fingerprint density at radius 1 is 1.15 bits per heavy atom. The van der Waals surface area contributed by atoms with Gasteiger partial charge in [-0.3, -0.25) is 9.59 Å². The van der Waals surface area contributed by atoms with E-state index < -0.39 is 0 Å². The molecular formula is C21H24N2O4. The second kappa shape index (κ2) is 9.19. The predicted molar refractivity (Wildman–Crippen MR) is 103 cm³/mol. The van der Waals surface area contributed by atoms with Crippen molar-refractivity contribution in [3.05, 3.63) is 59.7 Å². The van der Waals surface area contributed by atoms with E-state index in [1.807, 2.05) is 24.3 Å². The highest BCUT2D eigenvalue weighted by Crippen LogP contribution is 2.20. The normalized spacial score (nSPS) is 16.0. The number of para-hydroxylation sites is 2. The van der Waals surface area contributed by atoms with Crippen LogP contribution in [0.5, 0.6) is 5.75 Å². The Kier molecular flexibility index (Phi) is 6.44. The smallest absolute Gasteiger partial charge is 0.253 e. The summed E-state index contributed by atoms with van der Waals surface area (Å²) in [5.74, 6) is 0.229. The van der Waals surface area contributed by atoms with Crippen LogP contribution in [0.25, 0.3) is 0 Å². The first-order chi connectivity index (χ1) is 13.2. The minimum absolute atomic E-state index is 0.0706. The number of benzene rings is 2. The van der Waals surface area contributed by atoms with Gasteiger partial charge in [0.15, 0.2) is 0 Å². The maximum Gasteiger partial charge on any atom is 0.253 e. The molecule has 0 spiro atoms. The molecule has 0 saturated carbocycles. The van der Waals surface area contributed by atoms with Crippen molar-refractivity contribution in [3.8, 4) is 5.75 Å². The molecule has 0 radical (unpaired) electrons. The van der Waals surface area contributed by atoms with Crippen LogP contribution in [0.15, 0.2) is 48.5 Å². The maximum absolute atomic E-state index is 12.5. The van der Waals surface area contributed by atoms with Crippen LogP contribution in [0.3, 0.4) is 0 Å². The zero-order chi connectivity index (χ0) is 19.1. The molecule has 0 aromatic heterocycles. The number of nitrogens with one attached hydrogen (secondary N) is 2. The molecular weight excluding hydrogens is 344 g/mol. The molecule has 1 aliphatic rings. The molecule has 1 unspecified atom stereocenters. The monoisotopic (exact) mass is 368 g/mol. The largest absolute Gasteiger partial charge is 0.496 e. The van der Waals surface area contributed by atoms with E-state index in [0.717, 1.165) is 25.0 Å². The molecule has 0 aliphatic carbocycles. The molecule has 2 N–H and O–H groups in total.